The molecule has 1 aromatic rings. The van der Waals surface area contributed by atoms with E-state index in [9.17, 15) is 14.9 Å². The van der Waals surface area contributed by atoms with Crippen LogP contribution >= 0.6 is 0 Å². The molecule has 1 amide bonds. The molecule has 1 unspecified atom stereocenters. The number of nitrogen functional groups attached to an aromatic ring is 1. The molecular weight excluding hydrogens is 356 g/mol. The summed E-state index contributed by atoms with van der Waals surface area (Å²) in [6, 6.07) is 2.23. The fourth-order valence-electron chi connectivity index (χ4n) is 2.86. The number of rotatable bonds is 8. The summed E-state index contributed by atoms with van der Waals surface area (Å²) in [6.07, 6.45) is 0. The maximum atomic E-state index is 13.0. The first-order chi connectivity index (χ1) is 12.9. The van der Waals surface area contributed by atoms with Gasteiger partial charge in [0.15, 0.2) is 0 Å². The Morgan fingerprint density at radius 1 is 1.41 bits per heavy atom. The molecular formula is C17H26N4O6. The van der Waals surface area contributed by atoms with Crippen molar-refractivity contribution in [2.24, 2.45) is 0 Å². The molecule has 0 aromatic heterocycles. The van der Waals surface area contributed by atoms with Crippen LogP contribution in [-0.4, -0.2) is 75.4 Å². The average molecular weight is 382 g/mol. The second kappa shape index (κ2) is 9.49. The van der Waals surface area contributed by atoms with Gasteiger partial charge in [0.2, 0.25) is 5.91 Å². The number of hydrogen-bond donors (Lipinski definition) is 1. The summed E-state index contributed by atoms with van der Waals surface area (Å²) in [6.45, 7) is 4.81. The van der Waals surface area contributed by atoms with Crippen LogP contribution in [0.1, 0.15) is 6.92 Å². The molecule has 10 nitrogen and oxygen atoms in total. The number of hydrogen-bond acceptors (Lipinski definition) is 8. The van der Waals surface area contributed by atoms with E-state index in [4.69, 9.17) is 19.9 Å². The van der Waals surface area contributed by atoms with Crippen LogP contribution < -0.4 is 15.4 Å². The van der Waals surface area contributed by atoms with Crippen molar-refractivity contribution in [2.45, 2.75) is 13.0 Å². The fraction of sp³-hybridized carbons (Fsp3) is 0.588. The van der Waals surface area contributed by atoms with E-state index in [2.05, 4.69) is 0 Å². The number of likely N-dealkylation sites (N-methyl/N-ethyl adjacent to an activating group) is 1. The molecule has 0 radical (unpaired) electrons. The normalized spacial score (nSPS) is 16.0. The number of anilines is 2. The smallest absolute Gasteiger partial charge is 0.294 e. The topological polar surface area (TPSA) is 120 Å². The zero-order valence-electron chi connectivity index (χ0n) is 15.8. The van der Waals surface area contributed by atoms with Gasteiger partial charge in [0.05, 0.1) is 36.5 Å². The lowest BCUT2D eigenvalue weighted by atomic mass is 10.1. The molecule has 1 aromatic carbocycles. The summed E-state index contributed by atoms with van der Waals surface area (Å²) in [4.78, 5) is 27.0. The Hall–Kier alpha value is -2.43. The summed E-state index contributed by atoms with van der Waals surface area (Å²) in [5.41, 5.74) is 5.75. The number of nitro benzene ring substituents is 1. The number of carbonyl (C=O) groups is 1. The lowest BCUT2D eigenvalue weighted by molar-refractivity contribution is -0.383. The van der Waals surface area contributed by atoms with Gasteiger partial charge >= 0.3 is 0 Å². The van der Waals surface area contributed by atoms with E-state index in [0.29, 0.717) is 38.7 Å². The molecule has 0 bridgehead atoms. The standard InChI is InChI=1S/C17H26N4O6/c1-12(20-4-6-26-7-5-20)17(22)19(2)15-11-14(21(23)24)13(18)10-16(15)27-9-8-25-3/h10-12H,4-9,18H2,1-3H3. The van der Waals surface area contributed by atoms with E-state index in [1.165, 1.54) is 24.1 Å². The third-order valence-electron chi connectivity index (χ3n) is 4.49. The number of nitro groups is 1. The molecule has 1 heterocycles. The van der Waals surface area contributed by atoms with E-state index < -0.39 is 11.0 Å². The molecule has 1 fully saturated rings. The van der Waals surface area contributed by atoms with Gasteiger partial charge in [-0.3, -0.25) is 19.8 Å². The Labute approximate surface area is 157 Å². The van der Waals surface area contributed by atoms with Crippen molar-refractivity contribution in [2.75, 3.05) is 64.3 Å². The van der Waals surface area contributed by atoms with Crippen LogP contribution in [0.15, 0.2) is 12.1 Å². The molecule has 0 aliphatic carbocycles. The van der Waals surface area contributed by atoms with Gasteiger partial charge in [0.1, 0.15) is 18.0 Å². The molecule has 1 aliphatic heterocycles. The maximum Gasteiger partial charge on any atom is 0.294 e. The monoisotopic (exact) mass is 382 g/mol. The zero-order chi connectivity index (χ0) is 20.0. The maximum absolute atomic E-state index is 13.0. The quantitative estimate of drug-likeness (QED) is 0.304. The largest absolute Gasteiger partial charge is 0.489 e. The van der Waals surface area contributed by atoms with Crippen molar-refractivity contribution in [3.05, 3.63) is 22.2 Å². The molecule has 1 aliphatic rings. The van der Waals surface area contributed by atoms with Gasteiger partial charge in [0, 0.05) is 39.4 Å². The second-order valence-corrected chi connectivity index (χ2v) is 6.20. The number of nitrogens with zero attached hydrogens (tertiary/aromatic N) is 3. The van der Waals surface area contributed by atoms with Gasteiger partial charge in [-0.05, 0) is 6.92 Å². The van der Waals surface area contributed by atoms with E-state index >= 15 is 0 Å². The van der Waals surface area contributed by atoms with Crippen LogP contribution in [0.25, 0.3) is 0 Å². The van der Waals surface area contributed by atoms with Crippen molar-refractivity contribution in [3.8, 4) is 5.75 Å². The fourth-order valence-corrected chi connectivity index (χ4v) is 2.86. The Morgan fingerprint density at radius 2 is 2.07 bits per heavy atom. The van der Waals surface area contributed by atoms with Crippen molar-refractivity contribution in [1.29, 1.82) is 0 Å². The van der Waals surface area contributed by atoms with Crippen LogP contribution in [0.3, 0.4) is 0 Å². The molecule has 150 valence electrons. The number of nitrogens with two attached hydrogens (primary N) is 1. The van der Waals surface area contributed by atoms with Crippen LogP contribution in [0.4, 0.5) is 17.1 Å². The summed E-state index contributed by atoms with van der Waals surface area (Å²) in [5.74, 6) is 0.0905. The SMILES string of the molecule is COCCOc1cc(N)c([N+](=O)[O-])cc1N(C)C(=O)C(C)N1CCOCC1. The minimum atomic E-state index is -0.582. The first-order valence-electron chi connectivity index (χ1n) is 8.65. The first kappa shape index (κ1) is 20.9. The summed E-state index contributed by atoms with van der Waals surface area (Å²) < 4.78 is 15.9. The Kier molecular flexibility index (Phi) is 7.34. The summed E-state index contributed by atoms with van der Waals surface area (Å²) in [7, 11) is 3.10. The van der Waals surface area contributed by atoms with E-state index in [1.54, 1.807) is 14.0 Å². The van der Waals surface area contributed by atoms with Gasteiger partial charge in [-0.2, -0.15) is 0 Å². The number of carbonyl (C=O) groups excluding carboxylic acids is 1. The predicted molar refractivity (Wildman–Crippen MR) is 100 cm³/mol. The van der Waals surface area contributed by atoms with E-state index in [-0.39, 0.29) is 29.6 Å². The molecule has 2 N–H and O–H groups in total. The van der Waals surface area contributed by atoms with Gasteiger partial charge in [-0.15, -0.1) is 0 Å². The van der Waals surface area contributed by atoms with Crippen LogP contribution in [0.2, 0.25) is 0 Å². The molecule has 0 saturated carbocycles. The molecule has 2 rings (SSSR count). The Morgan fingerprint density at radius 3 is 2.67 bits per heavy atom. The van der Waals surface area contributed by atoms with Crippen molar-refractivity contribution in [3.63, 3.8) is 0 Å². The van der Waals surface area contributed by atoms with E-state index in [0.717, 1.165) is 0 Å². The highest BCUT2D eigenvalue weighted by Crippen LogP contribution is 2.37. The van der Waals surface area contributed by atoms with Gasteiger partial charge in [0.25, 0.3) is 5.69 Å². The average Bonchev–Trinajstić information content (AvgIpc) is 2.67. The number of ether oxygens (including phenoxy) is 3. The van der Waals surface area contributed by atoms with Crippen molar-refractivity contribution < 1.29 is 23.9 Å². The third kappa shape index (κ3) is 5.06. The molecule has 10 heteroatoms. The number of benzene rings is 1. The minimum Gasteiger partial charge on any atom is -0.489 e. The highest BCUT2D eigenvalue weighted by molar-refractivity contribution is 5.98. The van der Waals surface area contributed by atoms with Crippen molar-refractivity contribution >= 4 is 23.0 Å². The summed E-state index contributed by atoms with van der Waals surface area (Å²) >= 11 is 0. The number of methoxy groups -OCH3 is 1. The van der Waals surface area contributed by atoms with Crippen LogP contribution in [-0.2, 0) is 14.3 Å². The summed E-state index contributed by atoms with van der Waals surface area (Å²) in [5, 5.41) is 11.3. The molecule has 1 saturated heterocycles. The molecule has 0 spiro atoms. The Balaban J connectivity index is 2.29. The highest BCUT2D eigenvalue weighted by atomic mass is 16.6. The van der Waals surface area contributed by atoms with Gasteiger partial charge in [-0.25, -0.2) is 0 Å². The second-order valence-electron chi connectivity index (χ2n) is 6.20. The highest BCUT2D eigenvalue weighted by Gasteiger charge is 2.29. The number of morpholine rings is 1. The first-order valence-corrected chi connectivity index (χ1v) is 8.65. The van der Waals surface area contributed by atoms with Crippen LogP contribution in [0, 0.1) is 10.1 Å². The third-order valence-corrected chi connectivity index (χ3v) is 4.49. The van der Waals surface area contributed by atoms with Crippen molar-refractivity contribution in [1.82, 2.24) is 4.90 Å². The number of amides is 1. The zero-order valence-corrected chi connectivity index (χ0v) is 15.8. The van der Waals surface area contributed by atoms with Gasteiger partial charge in [-0.1, -0.05) is 0 Å². The van der Waals surface area contributed by atoms with Gasteiger partial charge < -0.3 is 24.8 Å². The van der Waals surface area contributed by atoms with Crippen LogP contribution in [0.5, 0.6) is 5.75 Å². The lowest BCUT2D eigenvalue weighted by Gasteiger charge is -2.33. The molecule has 27 heavy (non-hydrogen) atoms. The lowest BCUT2D eigenvalue weighted by Crippen LogP contribution is -2.50. The Bertz CT molecular complexity index is 678. The van der Waals surface area contributed by atoms with E-state index in [1.807, 2.05) is 4.90 Å². The predicted octanol–water partition coefficient (Wildman–Crippen LogP) is 0.886. The molecule has 1 atom stereocenters. The minimum absolute atomic E-state index is 0.0294.